The molecule has 10 heteroatoms. The summed E-state index contributed by atoms with van der Waals surface area (Å²) in [4.78, 5) is 13.2. The summed E-state index contributed by atoms with van der Waals surface area (Å²) in [5.41, 5.74) is 0.376. The van der Waals surface area contributed by atoms with Crippen molar-refractivity contribution in [2.75, 3.05) is 56.7 Å². The van der Waals surface area contributed by atoms with E-state index in [4.69, 9.17) is 9.47 Å². The van der Waals surface area contributed by atoms with Gasteiger partial charge < -0.3 is 19.7 Å². The van der Waals surface area contributed by atoms with Crippen LogP contribution in [0.5, 0.6) is 0 Å². The number of hydrogen-bond acceptors (Lipinski definition) is 7. The zero-order chi connectivity index (χ0) is 21.6. The molecule has 2 aromatic rings. The molecule has 0 radical (unpaired) electrons. The number of nitrogens with one attached hydrogen (secondary N) is 1. The van der Waals surface area contributed by atoms with Crippen LogP contribution in [0.3, 0.4) is 0 Å². The van der Waals surface area contributed by atoms with Gasteiger partial charge in [0.05, 0.1) is 30.9 Å². The quantitative estimate of drug-likeness (QED) is 0.749. The summed E-state index contributed by atoms with van der Waals surface area (Å²) < 4.78 is 49.8. The number of anilines is 3. The third kappa shape index (κ3) is 4.19. The van der Waals surface area contributed by atoms with E-state index in [1.807, 2.05) is 6.07 Å². The van der Waals surface area contributed by atoms with Crippen LogP contribution in [0, 0.1) is 0 Å². The Morgan fingerprint density at radius 2 is 1.87 bits per heavy atom. The monoisotopic (exact) mass is 435 g/mol. The molecule has 1 N–H and O–H groups in total. The number of likely N-dealkylation sites (tertiary alicyclic amines) is 1. The van der Waals surface area contributed by atoms with Gasteiger partial charge in [0, 0.05) is 45.4 Å². The van der Waals surface area contributed by atoms with Gasteiger partial charge in [0.1, 0.15) is 17.5 Å². The molecule has 0 amide bonds. The molecule has 0 atom stereocenters. The Morgan fingerprint density at radius 3 is 2.52 bits per heavy atom. The lowest BCUT2D eigenvalue weighted by atomic mass is 9.89. The van der Waals surface area contributed by atoms with Gasteiger partial charge in [0.2, 0.25) is 0 Å². The van der Waals surface area contributed by atoms with Crippen LogP contribution >= 0.6 is 0 Å². The van der Waals surface area contributed by atoms with E-state index < -0.39 is 11.7 Å². The average Bonchev–Trinajstić information content (AvgIpc) is 2.61. The van der Waals surface area contributed by atoms with Gasteiger partial charge in [-0.15, -0.1) is 0 Å². The average molecular weight is 435 g/mol. The van der Waals surface area contributed by atoms with Crippen molar-refractivity contribution in [2.45, 2.75) is 24.2 Å². The maximum absolute atomic E-state index is 13.1. The van der Waals surface area contributed by atoms with Crippen molar-refractivity contribution in [3.8, 4) is 0 Å². The third-order valence-electron chi connectivity index (χ3n) is 6.20. The lowest BCUT2D eigenvalue weighted by Gasteiger charge is -2.48. The summed E-state index contributed by atoms with van der Waals surface area (Å²) in [5, 5.41) is 2.97. The largest absolute Gasteiger partial charge is 0.416 e. The number of alkyl halides is 3. The van der Waals surface area contributed by atoms with Gasteiger partial charge >= 0.3 is 6.18 Å². The second-order valence-corrected chi connectivity index (χ2v) is 8.30. The summed E-state index contributed by atoms with van der Waals surface area (Å²) in [6, 6.07) is 6.45. The first-order valence-electron chi connectivity index (χ1n) is 10.3. The van der Waals surface area contributed by atoms with E-state index in [2.05, 4.69) is 31.2 Å². The molecule has 2 aromatic heterocycles. The smallest absolute Gasteiger partial charge is 0.378 e. The number of hydrogen-bond donors (Lipinski definition) is 1. The maximum atomic E-state index is 13.1. The molecular formula is C21H24F3N5O2. The molecule has 0 saturated carbocycles. The van der Waals surface area contributed by atoms with Crippen molar-refractivity contribution < 1.29 is 22.6 Å². The van der Waals surface area contributed by atoms with Crippen LogP contribution < -0.4 is 10.2 Å². The number of aromatic nitrogens is 2. The summed E-state index contributed by atoms with van der Waals surface area (Å²) >= 11 is 0. The normalized spacial score (nSPS) is 20.8. The number of methoxy groups -OCH3 is 1. The standard InChI is InChI=1S/C21H24F3N5O2/c1-30-17-9-29(10-17)20-5-13(14-7-28(8-14)16-11-31-12-16)4-19(27-20)26-18-6-15(2-3-25-18)21(22,23)24/h2-6,14,16-17H,7-12H2,1H3,(H,25,26,27). The van der Waals surface area contributed by atoms with Crippen LogP contribution in [0.15, 0.2) is 30.5 Å². The van der Waals surface area contributed by atoms with Gasteiger partial charge in [-0.3, -0.25) is 4.90 Å². The number of pyridine rings is 2. The fourth-order valence-electron chi connectivity index (χ4n) is 4.03. The summed E-state index contributed by atoms with van der Waals surface area (Å²) in [6.45, 7) is 4.94. The van der Waals surface area contributed by atoms with E-state index in [-0.39, 0.29) is 11.9 Å². The van der Waals surface area contributed by atoms with Crippen molar-refractivity contribution in [1.29, 1.82) is 0 Å². The van der Waals surface area contributed by atoms with E-state index in [1.165, 1.54) is 0 Å². The highest BCUT2D eigenvalue weighted by Gasteiger charge is 2.37. The maximum Gasteiger partial charge on any atom is 0.416 e. The second-order valence-electron chi connectivity index (χ2n) is 8.30. The highest BCUT2D eigenvalue weighted by Crippen LogP contribution is 2.35. The minimum Gasteiger partial charge on any atom is -0.378 e. The molecule has 166 valence electrons. The minimum absolute atomic E-state index is 0.116. The SMILES string of the molecule is COC1CN(c2cc(C3CN(C4COC4)C3)cc(Nc3cc(C(F)(F)F)ccn3)n2)C1. The summed E-state index contributed by atoms with van der Waals surface area (Å²) in [7, 11) is 1.69. The first-order chi connectivity index (χ1) is 14.9. The lowest BCUT2D eigenvalue weighted by molar-refractivity contribution is -0.137. The number of ether oxygens (including phenoxy) is 2. The molecule has 3 saturated heterocycles. The van der Waals surface area contributed by atoms with Crippen LogP contribution in [0.1, 0.15) is 17.0 Å². The van der Waals surface area contributed by atoms with Crippen molar-refractivity contribution in [3.05, 3.63) is 41.6 Å². The Balaban J connectivity index is 1.37. The molecule has 5 heterocycles. The molecule has 3 aliphatic heterocycles. The Hall–Kier alpha value is -2.43. The van der Waals surface area contributed by atoms with Crippen molar-refractivity contribution in [1.82, 2.24) is 14.9 Å². The van der Waals surface area contributed by atoms with Crippen LogP contribution in [-0.2, 0) is 15.7 Å². The van der Waals surface area contributed by atoms with Crippen molar-refractivity contribution in [2.24, 2.45) is 0 Å². The molecule has 3 aliphatic rings. The minimum atomic E-state index is -4.42. The van der Waals surface area contributed by atoms with Gasteiger partial charge in [-0.1, -0.05) is 0 Å². The highest BCUT2D eigenvalue weighted by atomic mass is 19.4. The Morgan fingerprint density at radius 1 is 1.10 bits per heavy atom. The van der Waals surface area contributed by atoms with Crippen LogP contribution in [0.4, 0.5) is 30.6 Å². The Labute approximate surface area is 178 Å². The predicted molar refractivity (Wildman–Crippen MR) is 109 cm³/mol. The Bertz CT molecular complexity index is 941. The molecule has 7 nitrogen and oxygen atoms in total. The first kappa shape index (κ1) is 20.5. The van der Waals surface area contributed by atoms with E-state index in [1.54, 1.807) is 7.11 Å². The zero-order valence-electron chi connectivity index (χ0n) is 17.1. The van der Waals surface area contributed by atoms with E-state index in [0.717, 1.165) is 69.1 Å². The van der Waals surface area contributed by atoms with E-state index >= 15 is 0 Å². The van der Waals surface area contributed by atoms with Gasteiger partial charge in [0.25, 0.3) is 0 Å². The fraction of sp³-hybridized carbons (Fsp3) is 0.524. The predicted octanol–water partition coefficient (Wildman–Crippen LogP) is 2.87. The molecule has 3 fully saturated rings. The van der Waals surface area contributed by atoms with Gasteiger partial charge in [-0.25, -0.2) is 9.97 Å². The molecule has 31 heavy (non-hydrogen) atoms. The van der Waals surface area contributed by atoms with E-state index in [9.17, 15) is 13.2 Å². The topological polar surface area (TPSA) is 62.8 Å². The third-order valence-corrected chi connectivity index (χ3v) is 6.20. The van der Waals surface area contributed by atoms with Crippen LogP contribution in [0.2, 0.25) is 0 Å². The lowest BCUT2D eigenvalue weighted by Crippen LogP contribution is -2.58. The molecule has 0 spiro atoms. The zero-order valence-corrected chi connectivity index (χ0v) is 17.1. The van der Waals surface area contributed by atoms with Gasteiger partial charge in [0.15, 0.2) is 0 Å². The van der Waals surface area contributed by atoms with Crippen molar-refractivity contribution >= 4 is 17.5 Å². The summed E-state index contributed by atoms with van der Waals surface area (Å²) in [6.07, 6.45) is -3.10. The van der Waals surface area contributed by atoms with Gasteiger partial charge in [-0.2, -0.15) is 13.2 Å². The van der Waals surface area contributed by atoms with Crippen molar-refractivity contribution in [3.63, 3.8) is 0 Å². The highest BCUT2D eigenvalue weighted by molar-refractivity contribution is 5.59. The summed E-state index contributed by atoms with van der Waals surface area (Å²) in [5.74, 6) is 1.76. The first-order valence-corrected chi connectivity index (χ1v) is 10.3. The molecule has 0 aromatic carbocycles. The molecule has 0 aliphatic carbocycles. The molecule has 0 bridgehead atoms. The molecular weight excluding hydrogens is 411 g/mol. The van der Waals surface area contributed by atoms with Gasteiger partial charge in [-0.05, 0) is 29.8 Å². The van der Waals surface area contributed by atoms with E-state index in [0.29, 0.717) is 17.8 Å². The molecule has 5 rings (SSSR count). The number of halogens is 3. The fourth-order valence-corrected chi connectivity index (χ4v) is 4.03. The molecule has 0 unspecified atom stereocenters. The van der Waals surface area contributed by atoms with Crippen LogP contribution in [0.25, 0.3) is 0 Å². The second kappa shape index (κ2) is 7.92. The van der Waals surface area contributed by atoms with Crippen LogP contribution in [-0.4, -0.2) is 73.5 Å². The Kier molecular flexibility index (Phi) is 5.23. The number of nitrogens with zero attached hydrogens (tertiary/aromatic N) is 4. The number of rotatable bonds is 6.